The van der Waals surface area contributed by atoms with Gasteiger partial charge < -0.3 is 19.2 Å². The highest BCUT2D eigenvalue weighted by Gasteiger charge is 2.28. The van der Waals surface area contributed by atoms with E-state index in [4.69, 9.17) is 13.9 Å². The number of carbonyl (C=O) groups excluding carboxylic acids is 2. The van der Waals surface area contributed by atoms with Crippen LogP contribution in [0.1, 0.15) is 94.7 Å². The second kappa shape index (κ2) is 10.7. The van der Waals surface area contributed by atoms with Crippen molar-refractivity contribution in [1.29, 1.82) is 0 Å². The highest BCUT2D eigenvalue weighted by atomic mass is 32.1. The topological polar surface area (TPSA) is 77.8 Å². The van der Waals surface area contributed by atoms with E-state index in [2.05, 4.69) is 31.3 Å². The first kappa shape index (κ1) is 25.0. The molecule has 4 rings (SSSR count). The van der Waals surface area contributed by atoms with E-state index in [0.29, 0.717) is 22.2 Å². The molecule has 0 unspecified atom stereocenters. The van der Waals surface area contributed by atoms with Crippen molar-refractivity contribution in [3.05, 3.63) is 69.0 Å². The van der Waals surface area contributed by atoms with Gasteiger partial charge in [0, 0.05) is 4.88 Å². The van der Waals surface area contributed by atoms with Crippen LogP contribution in [-0.4, -0.2) is 18.0 Å². The Morgan fingerprint density at radius 2 is 1.86 bits per heavy atom. The number of anilines is 1. The van der Waals surface area contributed by atoms with E-state index in [1.807, 2.05) is 26.8 Å². The van der Waals surface area contributed by atoms with Crippen molar-refractivity contribution >= 4 is 28.2 Å². The summed E-state index contributed by atoms with van der Waals surface area (Å²) >= 11 is 1.46. The highest BCUT2D eigenvalue weighted by molar-refractivity contribution is 7.17. The van der Waals surface area contributed by atoms with Gasteiger partial charge in [-0.15, -0.1) is 11.3 Å². The van der Waals surface area contributed by atoms with Crippen molar-refractivity contribution in [2.75, 3.05) is 5.32 Å². The molecule has 0 spiro atoms. The maximum absolute atomic E-state index is 13.0. The summed E-state index contributed by atoms with van der Waals surface area (Å²) in [6.07, 6.45) is 3.62. The summed E-state index contributed by atoms with van der Waals surface area (Å²) in [6, 6.07) is 9.55. The van der Waals surface area contributed by atoms with E-state index in [1.165, 1.54) is 11.3 Å². The number of nitrogens with one attached hydrogen (secondary N) is 1. The molecule has 1 N–H and O–H groups in total. The molecule has 1 aliphatic carbocycles. The number of rotatable bonds is 8. The molecule has 186 valence electrons. The first-order valence-electron chi connectivity index (χ1n) is 12.2. The predicted molar refractivity (Wildman–Crippen MR) is 138 cm³/mol. The first-order valence-corrected chi connectivity index (χ1v) is 13.0. The van der Waals surface area contributed by atoms with Crippen LogP contribution >= 0.6 is 11.3 Å². The SMILES string of the molecule is Cc1ccc(C(C)C)c(OCc2ccc(C(=O)Nc3sc4c(c3C(=O)OC(C)C)CCCC4)o2)c1. The largest absolute Gasteiger partial charge is 0.485 e. The number of benzene rings is 1. The van der Waals surface area contributed by atoms with Crippen molar-refractivity contribution in [3.63, 3.8) is 0 Å². The lowest BCUT2D eigenvalue weighted by atomic mass is 9.95. The number of esters is 1. The molecular weight excluding hydrogens is 462 g/mol. The monoisotopic (exact) mass is 495 g/mol. The Hall–Kier alpha value is -3.06. The summed E-state index contributed by atoms with van der Waals surface area (Å²) in [5.41, 5.74) is 3.74. The zero-order valence-electron chi connectivity index (χ0n) is 21.0. The summed E-state index contributed by atoms with van der Waals surface area (Å²) in [6.45, 7) is 10.1. The molecule has 0 aliphatic heterocycles. The van der Waals surface area contributed by atoms with Gasteiger partial charge in [-0.3, -0.25) is 4.79 Å². The zero-order valence-corrected chi connectivity index (χ0v) is 21.8. The van der Waals surface area contributed by atoms with Gasteiger partial charge in [-0.1, -0.05) is 26.0 Å². The van der Waals surface area contributed by atoms with Crippen LogP contribution in [0.15, 0.2) is 34.7 Å². The number of hydrogen-bond acceptors (Lipinski definition) is 6. The fraction of sp³-hybridized carbons (Fsp3) is 0.429. The highest BCUT2D eigenvalue weighted by Crippen LogP contribution is 2.39. The molecule has 2 aromatic heterocycles. The number of furan rings is 1. The molecule has 6 nitrogen and oxygen atoms in total. The quantitative estimate of drug-likeness (QED) is 0.339. The number of fused-ring (bicyclic) bond motifs is 1. The van der Waals surface area contributed by atoms with Crippen LogP contribution in [0, 0.1) is 6.92 Å². The average Bonchev–Trinajstić information content (AvgIpc) is 3.41. The van der Waals surface area contributed by atoms with Crippen LogP contribution in [0.25, 0.3) is 0 Å². The maximum Gasteiger partial charge on any atom is 0.341 e. The van der Waals surface area contributed by atoms with Gasteiger partial charge in [0.25, 0.3) is 5.91 Å². The molecule has 0 saturated carbocycles. The molecular formula is C28H33NO5S. The molecule has 1 aliphatic rings. The van der Waals surface area contributed by atoms with Crippen LogP contribution in [-0.2, 0) is 24.2 Å². The minimum absolute atomic E-state index is 0.173. The van der Waals surface area contributed by atoms with Crippen molar-refractivity contribution in [2.45, 2.75) is 78.9 Å². The van der Waals surface area contributed by atoms with Gasteiger partial charge >= 0.3 is 5.97 Å². The Bertz CT molecular complexity index is 1220. The molecule has 0 bridgehead atoms. The molecule has 0 saturated heterocycles. The van der Waals surface area contributed by atoms with E-state index in [0.717, 1.165) is 53.0 Å². The van der Waals surface area contributed by atoms with E-state index in [1.54, 1.807) is 12.1 Å². The number of thiophene rings is 1. The molecule has 2 heterocycles. The third-order valence-corrected chi connectivity index (χ3v) is 7.20. The molecule has 1 amide bonds. The summed E-state index contributed by atoms with van der Waals surface area (Å²) in [4.78, 5) is 27.0. The fourth-order valence-corrected chi connectivity index (χ4v) is 5.55. The van der Waals surface area contributed by atoms with Gasteiger partial charge in [0.1, 0.15) is 23.1 Å². The Kier molecular flexibility index (Phi) is 7.65. The minimum atomic E-state index is -0.396. The van der Waals surface area contributed by atoms with E-state index in [-0.39, 0.29) is 24.4 Å². The number of ether oxygens (including phenoxy) is 2. The Morgan fingerprint density at radius 1 is 1.09 bits per heavy atom. The lowest BCUT2D eigenvalue weighted by Gasteiger charge is -2.14. The molecule has 7 heteroatoms. The Labute approximate surface area is 210 Å². The number of hydrogen-bond donors (Lipinski definition) is 1. The number of carbonyl (C=O) groups is 2. The van der Waals surface area contributed by atoms with E-state index < -0.39 is 5.91 Å². The normalized spacial score (nSPS) is 13.1. The van der Waals surface area contributed by atoms with Gasteiger partial charge in [0.05, 0.1) is 11.7 Å². The number of aryl methyl sites for hydroxylation is 2. The smallest absolute Gasteiger partial charge is 0.341 e. The third kappa shape index (κ3) is 5.78. The summed E-state index contributed by atoms with van der Waals surface area (Å²) in [5, 5.41) is 3.43. The number of amides is 1. The summed E-state index contributed by atoms with van der Waals surface area (Å²) < 4.78 is 17.3. The maximum atomic E-state index is 13.0. The van der Waals surface area contributed by atoms with Crippen LogP contribution < -0.4 is 10.1 Å². The lowest BCUT2D eigenvalue weighted by Crippen LogP contribution is -2.17. The molecule has 0 atom stereocenters. The zero-order chi connectivity index (χ0) is 25.1. The van der Waals surface area contributed by atoms with Gasteiger partial charge in [0.2, 0.25) is 0 Å². The standard InChI is InChI=1S/C28H33NO5S/c1-16(2)20-12-10-18(5)14-23(20)32-15-19-11-13-22(34-19)26(30)29-27-25(28(31)33-17(3)4)21-8-6-7-9-24(21)35-27/h10-14,16-17H,6-9,15H2,1-5H3,(H,29,30). The fourth-order valence-electron chi connectivity index (χ4n) is 4.28. The molecule has 0 fully saturated rings. The van der Waals surface area contributed by atoms with E-state index in [9.17, 15) is 9.59 Å². The third-order valence-electron chi connectivity index (χ3n) is 5.99. The van der Waals surface area contributed by atoms with Crippen molar-refractivity contribution in [1.82, 2.24) is 0 Å². The van der Waals surface area contributed by atoms with Crippen LogP contribution in [0.5, 0.6) is 5.75 Å². The average molecular weight is 496 g/mol. The van der Waals surface area contributed by atoms with Crippen molar-refractivity contribution < 1.29 is 23.5 Å². The molecule has 1 aromatic carbocycles. The van der Waals surface area contributed by atoms with Crippen LogP contribution in [0.3, 0.4) is 0 Å². The van der Waals surface area contributed by atoms with Gasteiger partial charge in [-0.25, -0.2) is 4.79 Å². The van der Waals surface area contributed by atoms with Gasteiger partial charge in [0.15, 0.2) is 5.76 Å². The predicted octanol–water partition coefficient (Wildman–Crippen LogP) is 7.05. The van der Waals surface area contributed by atoms with Crippen LogP contribution in [0.2, 0.25) is 0 Å². The van der Waals surface area contributed by atoms with Gasteiger partial charge in [-0.2, -0.15) is 0 Å². The minimum Gasteiger partial charge on any atom is -0.485 e. The Balaban J connectivity index is 1.49. The van der Waals surface area contributed by atoms with Crippen molar-refractivity contribution in [2.24, 2.45) is 0 Å². The van der Waals surface area contributed by atoms with E-state index >= 15 is 0 Å². The second-order valence-electron chi connectivity index (χ2n) is 9.57. The summed E-state index contributed by atoms with van der Waals surface area (Å²) in [7, 11) is 0. The second-order valence-corrected chi connectivity index (χ2v) is 10.7. The molecule has 35 heavy (non-hydrogen) atoms. The molecule has 0 radical (unpaired) electrons. The summed E-state index contributed by atoms with van der Waals surface area (Å²) in [5.74, 6) is 1.09. The van der Waals surface area contributed by atoms with Crippen LogP contribution in [0.4, 0.5) is 5.00 Å². The lowest BCUT2D eigenvalue weighted by molar-refractivity contribution is 0.0378. The first-order chi connectivity index (χ1) is 16.7. The van der Waals surface area contributed by atoms with Crippen molar-refractivity contribution in [3.8, 4) is 5.75 Å². The Morgan fingerprint density at radius 3 is 2.60 bits per heavy atom. The molecule has 3 aromatic rings. The van der Waals surface area contributed by atoms with Gasteiger partial charge in [-0.05, 0) is 87.3 Å².